The van der Waals surface area contributed by atoms with Crippen LogP contribution in [0.15, 0.2) is 57.7 Å². The van der Waals surface area contributed by atoms with E-state index in [1.807, 2.05) is 30.3 Å². The molecule has 0 atom stereocenters. The van der Waals surface area contributed by atoms with E-state index in [9.17, 15) is 9.59 Å². The van der Waals surface area contributed by atoms with Gasteiger partial charge in [0.2, 0.25) is 5.56 Å². The Morgan fingerprint density at radius 3 is 2.80 bits per heavy atom. The zero-order valence-corrected chi connectivity index (χ0v) is 13.6. The third-order valence-corrected chi connectivity index (χ3v) is 4.26. The molecule has 1 N–H and O–H groups in total. The van der Waals surface area contributed by atoms with Gasteiger partial charge in [0.15, 0.2) is 5.89 Å². The minimum Gasteiger partial charge on any atom is -0.445 e. The van der Waals surface area contributed by atoms with Gasteiger partial charge >= 0.3 is 0 Å². The summed E-state index contributed by atoms with van der Waals surface area (Å²) >= 11 is 0. The average molecular weight is 335 g/mol. The van der Waals surface area contributed by atoms with Gasteiger partial charge in [0.05, 0.1) is 6.54 Å². The molecule has 25 heavy (non-hydrogen) atoms. The molecule has 0 fully saturated rings. The zero-order chi connectivity index (χ0) is 17.2. The normalized spacial score (nSPS) is 13.5. The van der Waals surface area contributed by atoms with Crippen molar-refractivity contribution in [2.24, 2.45) is 0 Å². The second-order valence-electron chi connectivity index (χ2n) is 6.05. The third-order valence-electron chi connectivity index (χ3n) is 4.26. The molecule has 4 rings (SSSR count). The van der Waals surface area contributed by atoms with Crippen LogP contribution >= 0.6 is 0 Å². The number of aromatic amines is 1. The number of nitrogens with zero attached hydrogens (tertiary/aromatic N) is 2. The first-order chi connectivity index (χ1) is 12.2. The highest BCUT2D eigenvalue weighted by molar-refractivity contribution is 5.92. The van der Waals surface area contributed by atoms with Crippen molar-refractivity contribution in [2.75, 3.05) is 6.54 Å². The highest BCUT2D eigenvalue weighted by atomic mass is 16.4. The Bertz CT molecular complexity index is 959. The molecular weight excluding hydrogens is 318 g/mol. The van der Waals surface area contributed by atoms with Gasteiger partial charge in [-0.3, -0.25) is 9.59 Å². The Morgan fingerprint density at radius 2 is 2.00 bits per heavy atom. The van der Waals surface area contributed by atoms with Gasteiger partial charge in [-0.15, -0.1) is 0 Å². The standard InChI is InChI=1S/C19H17N3O3/c23-17-8-4-7-14(20-17)19(24)22-10-9-16-15(12-22)21-18(25-16)11-13-5-2-1-3-6-13/h1-8H,9-12H2,(H,20,23). The summed E-state index contributed by atoms with van der Waals surface area (Å²) in [6.45, 7) is 0.937. The summed E-state index contributed by atoms with van der Waals surface area (Å²) in [6, 6.07) is 14.6. The number of pyridine rings is 1. The first kappa shape index (κ1) is 15.4. The summed E-state index contributed by atoms with van der Waals surface area (Å²) in [5, 5.41) is 0. The molecule has 0 saturated heterocycles. The smallest absolute Gasteiger partial charge is 0.270 e. The fourth-order valence-electron chi connectivity index (χ4n) is 3.01. The summed E-state index contributed by atoms with van der Waals surface area (Å²) in [5.74, 6) is 1.31. The lowest BCUT2D eigenvalue weighted by molar-refractivity contribution is 0.0721. The predicted octanol–water partition coefficient (Wildman–Crippen LogP) is 2.15. The fraction of sp³-hybridized carbons (Fsp3) is 0.211. The minimum atomic E-state index is -0.282. The maximum Gasteiger partial charge on any atom is 0.270 e. The van der Waals surface area contributed by atoms with E-state index < -0.39 is 0 Å². The number of carbonyl (C=O) groups is 1. The molecule has 6 nitrogen and oxygen atoms in total. The van der Waals surface area contributed by atoms with Gasteiger partial charge in [-0.05, 0) is 11.6 Å². The van der Waals surface area contributed by atoms with Gasteiger partial charge in [-0.1, -0.05) is 36.4 Å². The Morgan fingerprint density at radius 1 is 1.16 bits per heavy atom. The second kappa shape index (κ2) is 6.39. The number of rotatable bonds is 3. The molecule has 3 aromatic rings. The number of nitrogens with one attached hydrogen (secondary N) is 1. The maximum atomic E-state index is 12.6. The highest BCUT2D eigenvalue weighted by Gasteiger charge is 2.26. The first-order valence-electron chi connectivity index (χ1n) is 8.19. The Hall–Kier alpha value is -3.15. The lowest BCUT2D eigenvalue weighted by Gasteiger charge is -2.25. The number of oxazole rings is 1. The number of carbonyl (C=O) groups excluding carboxylic acids is 1. The van der Waals surface area contributed by atoms with Crippen LogP contribution in [-0.2, 0) is 19.4 Å². The van der Waals surface area contributed by atoms with Crippen molar-refractivity contribution in [3.63, 3.8) is 0 Å². The number of hydrogen-bond donors (Lipinski definition) is 1. The van der Waals surface area contributed by atoms with Crippen LogP contribution in [-0.4, -0.2) is 27.3 Å². The Kier molecular flexibility index (Phi) is 3.93. The van der Waals surface area contributed by atoms with Crippen LogP contribution in [0.3, 0.4) is 0 Å². The van der Waals surface area contributed by atoms with Crippen LogP contribution in [0.1, 0.15) is 33.4 Å². The Balaban J connectivity index is 1.51. The number of hydrogen-bond acceptors (Lipinski definition) is 4. The number of amides is 1. The van der Waals surface area contributed by atoms with Crippen molar-refractivity contribution in [1.29, 1.82) is 0 Å². The van der Waals surface area contributed by atoms with Gasteiger partial charge in [0, 0.05) is 25.5 Å². The van der Waals surface area contributed by atoms with Crippen LogP contribution in [0.25, 0.3) is 0 Å². The second-order valence-corrected chi connectivity index (χ2v) is 6.05. The largest absolute Gasteiger partial charge is 0.445 e. The van der Waals surface area contributed by atoms with Gasteiger partial charge in [-0.25, -0.2) is 4.98 Å². The molecule has 1 aliphatic heterocycles. The molecule has 3 heterocycles. The van der Waals surface area contributed by atoms with Crippen molar-refractivity contribution in [3.8, 4) is 0 Å². The van der Waals surface area contributed by atoms with E-state index in [1.165, 1.54) is 6.07 Å². The summed E-state index contributed by atoms with van der Waals surface area (Å²) in [6.07, 6.45) is 1.26. The summed E-state index contributed by atoms with van der Waals surface area (Å²) in [5.41, 5.74) is 1.94. The van der Waals surface area contributed by atoms with E-state index in [0.717, 1.165) is 17.0 Å². The topological polar surface area (TPSA) is 79.2 Å². The molecule has 6 heteroatoms. The lowest BCUT2D eigenvalue weighted by atomic mass is 10.1. The van der Waals surface area contributed by atoms with Crippen LogP contribution in [0, 0.1) is 0 Å². The van der Waals surface area contributed by atoms with Crippen molar-refractivity contribution in [1.82, 2.24) is 14.9 Å². The molecule has 0 unspecified atom stereocenters. The molecule has 0 radical (unpaired) electrons. The third kappa shape index (κ3) is 3.24. The summed E-state index contributed by atoms with van der Waals surface area (Å²) < 4.78 is 5.86. The van der Waals surface area contributed by atoms with Crippen molar-refractivity contribution in [2.45, 2.75) is 19.4 Å². The van der Waals surface area contributed by atoms with Crippen molar-refractivity contribution < 1.29 is 9.21 Å². The SMILES string of the molecule is O=C(c1cccc(=O)[nH]1)N1CCc2oc(Cc3ccccc3)nc2C1. The van der Waals surface area contributed by atoms with E-state index in [-0.39, 0.29) is 11.5 Å². The molecule has 0 aliphatic carbocycles. The van der Waals surface area contributed by atoms with Crippen LogP contribution in [0.4, 0.5) is 0 Å². The van der Waals surface area contributed by atoms with E-state index in [4.69, 9.17) is 4.42 Å². The molecule has 0 bridgehead atoms. The number of fused-ring (bicyclic) bond motifs is 1. The first-order valence-corrected chi connectivity index (χ1v) is 8.19. The van der Waals surface area contributed by atoms with Gasteiger partial charge in [-0.2, -0.15) is 0 Å². The fourth-order valence-corrected chi connectivity index (χ4v) is 3.01. The molecule has 1 aliphatic rings. The van der Waals surface area contributed by atoms with E-state index >= 15 is 0 Å². The van der Waals surface area contributed by atoms with Crippen LogP contribution in [0.2, 0.25) is 0 Å². The van der Waals surface area contributed by atoms with Gasteiger partial charge < -0.3 is 14.3 Å². The number of H-pyrrole nitrogens is 1. The van der Waals surface area contributed by atoms with Gasteiger partial charge in [0.1, 0.15) is 17.1 Å². The highest BCUT2D eigenvalue weighted by Crippen LogP contribution is 2.22. The predicted molar refractivity (Wildman–Crippen MR) is 91.3 cm³/mol. The zero-order valence-electron chi connectivity index (χ0n) is 13.6. The summed E-state index contributed by atoms with van der Waals surface area (Å²) in [4.78, 5) is 32.8. The molecule has 126 valence electrons. The summed E-state index contributed by atoms with van der Waals surface area (Å²) in [7, 11) is 0. The Labute approximate surface area is 144 Å². The monoisotopic (exact) mass is 335 g/mol. The van der Waals surface area contributed by atoms with Crippen LogP contribution in [0.5, 0.6) is 0 Å². The van der Waals surface area contributed by atoms with E-state index in [0.29, 0.717) is 37.5 Å². The minimum absolute atomic E-state index is 0.198. The molecule has 1 amide bonds. The molecule has 1 aromatic carbocycles. The van der Waals surface area contributed by atoms with Crippen molar-refractivity contribution in [3.05, 3.63) is 87.5 Å². The molecule has 0 saturated carbocycles. The number of aromatic nitrogens is 2. The molecule has 2 aromatic heterocycles. The maximum absolute atomic E-state index is 12.6. The van der Waals surface area contributed by atoms with Gasteiger partial charge in [0.25, 0.3) is 5.91 Å². The molecular formula is C19H17N3O3. The van der Waals surface area contributed by atoms with E-state index in [2.05, 4.69) is 9.97 Å². The quantitative estimate of drug-likeness (QED) is 0.795. The van der Waals surface area contributed by atoms with E-state index in [1.54, 1.807) is 17.0 Å². The lowest BCUT2D eigenvalue weighted by Crippen LogP contribution is -2.36. The average Bonchev–Trinajstić information content (AvgIpc) is 3.03. The van der Waals surface area contributed by atoms with Crippen LogP contribution < -0.4 is 5.56 Å². The van der Waals surface area contributed by atoms with Crippen molar-refractivity contribution >= 4 is 5.91 Å². The molecule has 0 spiro atoms. The number of benzene rings is 1.